The van der Waals surface area contributed by atoms with E-state index in [1.54, 1.807) is 0 Å². The molecule has 14 heavy (non-hydrogen) atoms. The van der Waals surface area contributed by atoms with Crippen LogP contribution >= 0.6 is 0 Å². The molecule has 0 bridgehead atoms. The van der Waals surface area contributed by atoms with E-state index in [0.717, 1.165) is 19.3 Å². The van der Waals surface area contributed by atoms with Crippen LogP contribution in [-0.4, -0.2) is 11.6 Å². The van der Waals surface area contributed by atoms with Crippen molar-refractivity contribution in [2.75, 3.05) is 0 Å². The number of carbonyl (C=O) groups excluding carboxylic acids is 1. The summed E-state index contributed by atoms with van der Waals surface area (Å²) in [6, 6.07) is 0. The Balaban J connectivity index is 3.77. The fraction of sp³-hybridized carbons (Fsp3) is 0.833. The first kappa shape index (κ1) is 13.5. The molecule has 1 atom stereocenters. The summed E-state index contributed by atoms with van der Waals surface area (Å²) < 4.78 is 5.23. The number of unbranched alkanes of at least 4 members (excludes halogenated alkanes) is 2. The Hall–Kier alpha value is -0.530. The average Bonchev–Trinajstić information content (AvgIpc) is 2.01. The van der Waals surface area contributed by atoms with Crippen LogP contribution in [-0.2, 0) is 9.53 Å². The quantitative estimate of drug-likeness (QED) is 0.501. The van der Waals surface area contributed by atoms with Gasteiger partial charge < -0.3 is 4.74 Å². The largest absolute Gasteiger partial charge is 0.460 e. The molecule has 0 rings (SSSR count). The Morgan fingerprint density at radius 2 is 1.93 bits per heavy atom. The van der Waals surface area contributed by atoms with Crippen molar-refractivity contribution in [3.63, 3.8) is 0 Å². The van der Waals surface area contributed by atoms with Crippen LogP contribution in [0, 0.1) is 12.8 Å². The van der Waals surface area contributed by atoms with Gasteiger partial charge in [0, 0.05) is 0 Å². The predicted molar refractivity (Wildman–Crippen MR) is 58.8 cm³/mol. The van der Waals surface area contributed by atoms with E-state index in [0.29, 0.717) is 0 Å². The summed E-state index contributed by atoms with van der Waals surface area (Å²) in [5, 5.41) is 0. The van der Waals surface area contributed by atoms with E-state index >= 15 is 0 Å². The molecular formula is C12H23O2. The molecule has 2 nitrogen and oxygen atoms in total. The molecule has 83 valence electrons. The zero-order valence-corrected chi connectivity index (χ0v) is 9.93. The molecule has 0 saturated carbocycles. The Kier molecular flexibility index (Phi) is 5.82. The number of carbonyl (C=O) groups is 1. The summed E-state index contributed by atoms with van der Waals surface area (Å²) in [5.41, 5.74) is -0.391. The molecule has 0 N–H and O–H groups in total. The molecule has 0 aromatic heterocycles. The minimum atomic E-state index is -0.391. The Morgan fingerprint density at radius 1 is 1.36 bits per heavy atom. The third-order valence-electron chi connectivity index (χ3n) is 1.90. The van der Waals surface area contributed by atoms with Crippen molar-refractivity contribution in [3.05, 3.63) is 6.92 Å². The standard InChI is InChI=1S/C12H23O2/c1-6-7-8-9-10(2)11(13)14-12(3,4)5/h10H,2,6-9H2,1,3-5H3. The number of rotatable bonds is 5. The topological polar surface area (TPSA) is 26.3 Å². The average molecular weight is 199 g/mol. The molecule has 1 unspecified atom stereocenters. The van der Waals surface area contributed by atoms with Crippen LogP contribution in [0.1, 0.15) is 53.4 Å². The van der Waals surface area contributed by atoms with Crippen molar-refractivity contribution in [2.24, 2.45) is 5.92 Å². The van der Waals surface area contributed by atoms with Gasteiger partial charge in [-0.25, -0.2) is 0 Å². The minimum Gasteiger partial charge on any atom is -0.460 e. The van der Waals surface area contributed by atoms with Crippen molar-refractivity contribution >= 4 is 5.97 Å². The molecule has 0 aliphatic heterocycles. The monoisotopic (exact) mass is 199 g/mol. The van der Waals surface area contributed by atoms with Crippen LogP contribution in [0.4, 0.5) is 0 Å². The second kappa shape index (κ2) is 6.05. The molecule has 0 spiro atoms. The van der Waals surface area contributed by atoms with Crippen molar-refractivity contribution in [2.45, 2.75) is 59.0 Å². The number of hydrogen-bond acceptors (Lipinski definition) is 2. The third kappa shape index (κ3) is 6.93. The summed E-state index contributed by atoms with van der Waals surface area (Å²) in [6.45, 7) is 11.6. The van der Waals surface area contributed by atoms with Gasteiger partial charge in [-0.15, -0.1) is 0 Å². The van der Waals surface area contributed by atoms with Crippen molar-refractivity contribution in [1.82, 2.24) is 0 Å². The summed E-state index contributed by atoms with van der Waals surface area (Å²) in [7, 11) is 0. The Morgan fingerprint density at radius 3 is 2.36 bits per heavy atom. The van der Waals surface area contributed by atoms with E-state index in [1.807, 2.05) is 20.8 Å². The lowest BCUT2D eigenvalue weighted by Gasteiger charge is -2.22. The van der Waals surface area contributed by atoms with E-state index in [2.05, 4.69) is 13.8 Å². The van der Waals surface area contributed by atoms with Gasteiger partial charge >= 0.3 is 5.97 Å². The lowest BCUT2D eigenvalue weighted by Crippen LogP contribution is -2.27. The van der Waals surface area contributed by atoms with Crippen LogP contribution in [0.25, 0.3) is 0 Å². The maximum atomic E-state index is 11.5. The second-order valence-corrected chi connectivity index (χ2v) is 4.73. The molecule has 0 saturated heterocycles. The Labute approximate surface area is 88.0 Å². The van der Waals surface area contributed by atoms with Crippen LogP contribution < -0.4 is 0 Å². The van der Waals surface area contributed by atoms with E-state index in [9.17, 15) is 4.79 Å². The minimum absolute atomic E-state index is 0.173. The van der Waals surface area contributed by atoms with Crippen molar-refractivity contribution in [3.8, 4) is 0 Å². The van der Waals surface area contributed by atoms with Gasteiger partial charge in [0.25, 0.3) is 0 Å². The van der Waals surface area contributed by atoms with E-state index in [-0.39, 0.29) is 11.9 Å². The smallest absolute Gasteiger partial charge is 0.309 e. The van der Waals surface area contributed by atoms with E-state index < -0.39 is 5.60 Å². The molecule has 0 aromatic carbocycles. The lowest BCUT2D eigenvalue weighted by molar-refractivity contribution is -0.158. The zero-order valence-electron chi connectivity index (χ0n) is 9.93. The first-order valence-electron chi connectivity index (χ1n) is 5.42. The van der Waals surface area contributed by atoms with Gasteiger partial charge in [0.1, 0.15) is 5.60 Å². The number of esters is 1. The summed E-state index contributed by atoms with van der Waals surface area (Å²) in [5.74, 6) is -0.380. The lowest BCUT2D eigenvalue weighted by atomic mass is 10.0. The Bertz CT molecular complexity index is 168. The van der Waals surface area contributed by atoms with Gasteiger partial charge in [-0.2, -0.15) is 0 Å². The maximum Gasteiger partial charge on any atom is 0.309 e. The fourth-order valence-corrected chi connectivity index (χ4v) is 1.14. The molecule has 0 amide bonds. The maximum absolute atomic E-state index is 11.5. The zero-order chi connectivity index (χ0) is 11.2. The highest BCUT2D eigenvalue weighted by atomic mass is 16.6. The molecule has 0 fully saturated rings. The van der Waals surface area contributed by atoms with Gasteiger partial charge in [-0.05, 0) is 34.1 Å². The van der Waals surface area contributed by atoms with Gasteiger partial charge in [0.15, 0.2) is 0 Å². The van der Waals surface area contributed by atoms with Crippen LogP contribution in [0.2, 0.25) is 0 Å². The summed E-state index contributed by atoms with van der Waals surface area (Å²) >= 11 is 0. The molecule has 0 heterocycles. The van der Waals surface area contributed by atoms with Gasteiger partial charge in [0.2, 0.25) is 0 Å². The van der Waals surface area contributed by atoms with Gasteiger partial charge in [0.05, 0.1) is 5.92 Å². The predicted octanol–water partition coefficient (Wildman–Crippen LogP) is 3.36. The van der Waals surface area contributed by atoms with Crippen molar-refractivity contribution < 1.29 is 9.53 Å². The van der Waals surface area contributed by atoms with E-state index in [4.69, 9.17) is 4.74 Å². The molecular weight excluding hydrogens is 176 g/mol. The number of hydrogen-bond donors (Lipinski definition) is 0. The molecule has 0 aliphatic rings. The van der Waals surface area contributed by atoms with Crippen molar-refractivity contribution in [1.29, 1.82) is 0 Å². The highest BCUT2D eigenvalue weighted by molar-refractivity contribution is 5.73. The fourth-order valence-electron chi connectivity index (χ4n) is 1.14. The highest BCUT2D eigenvalue weighted by Gasteiger charge is 2.20. The number of ether oxygens (including phenoxy) is 1. The third-order valence-corrected chi connectivity index (χ3v) is 1.90. The first-order chi connectivity index (χ1) is 6.37. The molecule has 0 aliphatic carbocycles. The van der Waals surface area contributed by atoms with Gasteiger partial charge in [-0.1, -0.05) is 26.2 Å². The van der Waals surface area contributed by atoms with Crippen LogP contribution in [0.3, 0.4) is 0 Å². The molecule has 1 radical (unpaired) electrons. The molecule has 0 aromatic rings. The molecule has 2 heteroatoms. The van der Waals surface area contributed by atoms with E-state index in [1.165, 1.54) is 6.42 Å². The highest BCUT2D eigenvalue weighted by Crippen LogP contribution is 2.15. The summed E-state index contributed by atoms with van der Waals surface area (Å²) in [6.07, 6.45) is 4.22. The normalized spacial score (nSPS) is 13.8. The SMILES string of the molecule is [CH2]C(CCCCC)C(=O)OC(C)(C)C. The van der Waals surface area contributed by atoms with Crippen LogP contribution in [0.15, 0.2) is 0 Å². The second-order valence-electron chi connectivity index (χ2n) is 4.73. The van der Waals surface area contributed by atoms with Gasteiger partial charge in [-0.3, -0.25) is 4.79 Å². The summed E-state index contributed by atoms with van der Waals surface area (Å²) in [4.78, 5) is 11.5. The first-order valence-corrected chi connectivity index (χ1v) is 5.42. The van der Waals surface area contributed by atoms with Crippen LogP contribution in [0.5, 0.6) is 0 Å².